The van der Waals surface area contributed by atoms with Crippen LogP contribution in [0.3, 0.4) is 0 Å². The van der Waals surface area contributed by atoms with E-state index in [0.717, 1.165) is 23.9 Å². The second kappa shape index (κ2) is 6.30. The Balaban J connectivity index is 1.74. The van der Waals surface area contributed by atoms with Crippen molar-refractivity contribution in [2.24, 2.45) is 11.8 Å². The van der Waals surface area contributed by atoms with Crippen molar-refractivity contribution in [3.63, 3.8) is 0 Å². The topological polar surface area (TPSA) is 12.0 Å². The van der Waals surface area contributed by atoms with E-state index in [-0.39, 0.29) is 0 Å². The molecule has 1 N–H and O–H groups in total. The van der Waals surface area contributed by atoms with E-state index in [1.54, 1.807) is 0 Å². The van der Waals surface area contributed by atoms with E-state index < -0.39 is 0 Å². The summed E-state index contributed by atoms with van der Waals surface area (Å²) < 4.78 is 0. The van der Waals surface area contributed by atoms with Gasteiger partial charge < -0.3 is 5.32 Å². The average molecular weight is 241 g/mol. The van der Waals surface area contributed by atoms with E-state index >= 15 is 0 Å². The average Bonchev–Trinajstić information content (AvgIpc) is 2.63. The number of nitrogens with one attached hydrogen (secondary N) is 1. The van der Waals surface area contributed by atoms with Crippen LogP contribution in [0.15, 0.2) is 0 Å². The molecule has 1 nitrogen and oxygen atoms in total. The first-order valence-corrected chi connectivity index (χ1v) is 8.25. The molecule has 0 bridgehead atoms. The van der Waals surface area contributed by atoms with Gasteiger partial charge in [-0.3, -0.25) is 0 Å². The summed E-state index contributed by atoms with van der Waals surface area (Å²) in [6.45, 7) is 4.79. The molecule has 94 valence electrons. The Labute approximate surface area is 105 Å². The molecule has 2 aliphatic rings. The predicted molar refractivity (Wildman–Crippen MR) is 74.1 cm³/mol. The maximum atomic E-state index is 3.90. The van der Waals surface area contributed by atoms with Gasteiger partial charge in [0.05, 0.1) is 0 Å². The second-order valence-electron chi connectivity index (χ2n) is 5.94. The summed E-state index contributed by atoms with van der Waals surface area (Å²) in [6.07, 6.45) is 8.61. The first kappa shape index (κ1) is 12.8. The van der Waals surface area contributed by atoms with Crippen LogP contribution < -0.4 is 5.32 Å². The standard InChI is InChI=1S/C14H27NS/c1-11(2)12-4-3-5-13(7-6-12)15-14-8-9-16-10-14/h11-15H,3-10H2,1-2H3. The lowest BCUT2D eigenvalue weighted by atomic mass is 9.89. The Bertz CT molecular complexity index is 199. The Morgan fingerprint density at radius 3 is 2.56 bits per heavy atom. The zero-order valence-corrected chi connectivity index (χ0v) is 11.7. The van der Waals surface area contributed by atoms with Gasteiger partial charge in [0.25, 0.3) is 0 Å². The molecule has 2 fully saturated rings. The van der Waals surface area contributed by atoms with Gasteiger partial charge in [0.15, 0.2) is 0 Å². The number of hydrogen-bond acceptors (Lipinski definition) is 2. The molecule has 1 aliphatic heterocycles. The van der Waals surface area contributed by atoms with Crippen LogP contribution in [0.2, 0.25) is 0 Å². The highest BCUT2D eigenvalue weighted by Gasteiger charge is 2.24. The van der Waals surface area contributed by atoms with Crippen molar-refractivity contribution < 1.29 is 0 Å². The second-order valence-corrected chi connectivity index (χ2v) is 7.09. The molecule has 1 heterocycles. The zero-order valence-electron chi connectivity index (χ0n) is 10.9. The Morgan fingerprint density at radius 1 is 1.00 bits per heavy atom. The van der Waals surface area contributed by atoms with Gasteiger partial charge in [-0.25, -0.2) is 0 Å². The van der Waals surface area contributed by atoms with Gasteiger partial charge in [0.1, 0.15) is 0 Å². The SMILES string of the molecule is CC(C)C1CCCC(NC2CCSC2)CC1. The molecule has 2 rings (SSSR count). The first-order valence-electron chi connectivity index (χ1n) is 7.09. The highest BCUT2D eigenvalue weighted by Crippen LogP contribution is 2.29. The van der Waals surface area contributed by atoms with Gasteiger partial charge in [0, 0.05) is 17.8 Å². The summed E-state index contributed by atoms with van der Waals surface area (Å²) in [4.78, 5) is 0. The highest BCUT2D eigenvalue weighted by molar-refractivity contribution is 7.99. The summed E-state index contributed by atoms with van der Waals surface area (Å²) in [5, 5.41) is 3.90. The molecule has 0 aromatic heterocycles. The summed E-state index contributed by atoms with van der Waals surface area (Å²) in [7, 11) is 0. The molecule has 0 aromatic rings. The zero-order chi connectivity index (χ0) is 11.4. The lowest BCUT2D eigenvalue weighted by Gasteiger charge is -2.21. The molecule has 1 saturated carbocycles. The molecule has 0 radical (unpaired) electrons. The monoisotopic (exact) mass is 241 g/mol. The van der Waals surface area contributed by atoms with Crippen LogP contribution in [0.1, 0.15) is 52.4 Å². The summed E-state index contributed by atoms with van der Waals surface area (Å²) in [5.41, 5.74) is 0. The van der Waals surface area contributed by atoms with Crippen molar-refractivity contribution in [3.8, 4) is 0 Å². The van der Waals surface area contributed by atoms with Crippen LogP contribution in [0.25, 0.3) is 0 Å². The van der Waals surface area contributed by atoms with Crippen molar-refractivity contribution >= 4 is 11.8 Å². The van der Waals surface area contributed by atoms with Crippen molar-refractivity contribution in [2.75, 3.05) is 11.5 Å². The van der Waals surface area contributed by atoms with Crippen molar-refractivity contribution in [3.05, 3.63) is 0 Å². The largest absolute Gasteiger partial charge is 0.310 e. The van der Waals surface area contributed by atoms with Gasteiger partial charge in [-0.1, -0.05) is 26.7 Å². The third-order valence-electron chi connectivity index (χ3n) is 4.36. The molecule has 1 saturated heterocycles. The lowest BCUT2D eigenvalue weighted by Crippen LogP contribution is -2.38. The molecular formula is C14H27NS. The van der Waals surface area contributed by atoms with Crippen molar-refractivity contribution in [1.82, 2.24) is 5.32 Å². The number of rotatable bonds is 3. The Morgan fingerprint density at radius 2 is 1.88 bits per heavy atom. The van der Waals surface area contributed by atoms with Crippen LogP contribution in [0.5, 0.6) is 0 Å². The maximum Gasteiger partial charge on any atom is 0.0168 e. The third kappa shape index (κ3) is 3.66. The van der Waals surface area contributed by atoms with Gasteiger partial charge >= 0.3 is 0 Å². The summed E-state index contributed by atoms with van der Waals surface area (Å²) in [6, 6.07) is 1.65. The Hall–Kier alpha value is 0.310. The maximum absolute atomic E-state index is 3.90. The third-order valence-corrected chi connectivity index (χ3v) is 5.52. The molecule has 0 amide bonds. The quantitative estimate of drug-likeness (QED) is 0.756. The van der Waals surface area contributed by atoms with E-state index in [1.165, 1.54) is 50.0 Å². The fourth-order valence-corrected chi connectivity index (χ4v) is 4.33. The van der Waals surface area contributed by atoms with Crippen molar-refractivity contribution in [1.29, 1.82) is 0 Å². The fourth-order valence-electron chi connectivity index (χ4n) is 3.16. The normalized spacial score (nSPS) is 36.6. The predicted octanol–water partition coefficient (Wildman–Crippen LogP) is 3.69. The van der Waals surface area contributed by atoms with E-state index in [0.29, 0.717) is 0 Å². The van der Waals surface area contributed by atoms with Gasteiger partial charge in [0.2, 0.25) is 0 Å². The van der Waals surface area contributed by atoms with E-state index in [9.17, 15) is 0 Å². The molecular weight excluding hydrogens is 214 g/mol. The summed E-state index contributed by atoms with van der Waals surface area (Å²) in [5.74, 6) is 4.61. The molecule has 0 aromatic carbocycles. The van der Waals surface area contributed by atoms with E-state index in [2.05, 4.69) is 30.9 Å². The van der Waals surface area contributed by atoms with Gasteiger partial charge in [-0.2, -0.15) is 11.8 Å². The minimum Gasteiger partial charge on any atom is -0.310 e. The molecule has 16 heavy (non-hydrogen) atoms. The Kier molecular flexibility index (Phi) is 5.02. The number of hydrogen-bond donors (Lipinski definition) is 1. The van der Waals surface area contributed by atoms with Crippen LogP contribution >= 0.6 is 11.8 Å². The molecule has 0 spiro atoms. The van der Waals surface area contributed by atoms with E-state index in [1.807, 2.05) is 0 Å². The smallest absolute Gasteiger partial charge is 0.0168 e. The van der Waals surface area contributed by atoms with Crippen LogP contribution in [0, 0.1) is 11.8 Å². The van der Waals surface area contributed by atoms with Crippen LogP contribution in [-0.4, -0.2) is 23.6 Å². The molecule has 3 atom stereocenters. The van der Waals surface area contributed by atoms with Crippen LogP contribution in [0.4, 0.5) is 0 Å². The van der Waals surface area contributed by atoms with Gasteiger partial charge in [-0.15, -0.1) is 0 Å². The van der Waals surface area contributed by atoms with Crippen molar-refractivity contribution in [2.45, 2.75) is 64.5 Å². The fraction of sp³-hybridized carbons (Fsp3) is 1.00. The summed E-state index contributed by atoms with van der Waals surface area (Å²) >= 11 is 2.12. The molecule has 3 unspecified atom stereocenters. The lowest BCUT2D eigenvalue weighted by molar-refractivity contribution is 0.335. The minimum atomic E-state index is 0.825. The minimum absolute atomic E-state index is 0.825. The number of thioether (sulfide) groups is 1. The van der Waals surface area contributed by atoms with Crippen LogP contribution in [-0.2, 0) is 0 Å². The van der Waals surface area contributed by atoms with Gasteiger partial charge in [-0.05, 0) is 43.3 Å². The molecule has 2 heteroatoms. The molecule has 1 aliphatic carbocycles. The first-order chi connectivity index (χ1) is 7.75. The van der Waals surface area contributed by atoms with E-state index in [4.69, 9.17) is 0 Å². The highest BCUT2D eigenvalue weighted by atomic mass is 32.2.